The number of benzene rings is 2. The van der Waals surface area contributed by atoms with Crippen LogP contribution in [0.25, 0.3) is 0 Å². The smallest absolute Gasteiger partial charge is 0.0378 e. The Hall–Kier alpha value is -1.76. The van der Waals surface area contributed by atoms with Crippen molar-refractivity contribution in [2.75, 3.05) is 5.32 Å². The third-order valence-corrected chi connectivity index (χ3v) is 3.89. The highest BCUT2D eigenvalue weighted by molar-refractivity contribution is 5.59. The Morgan fingerprint density at radius 3 is 2.72 bits per heavy atom. The quantitative estimate of drug-likeness (QED) is 0.828. The molecule has 0 aromatic heterocycles. The summed E-state index contributed by atoms with van der Waals surface area (Å²) in [6.07, 6.45) is 1.12. The van der Waals surface area contributed by atoms with Gasteiger partial charge in [-0.3, -0.25) is 0 Å². The van der Waals surface area contributed by atoms with Crippen molar-refractivity contribution < 1.29 is 0 Å². The SMILES string of the molecule is Cc1cccc(CC2c3ccccc3NC2C)c1. The first kappa shape index (κ1) is 11.3. The van der Waals surface area contributed by atoms with Gasteiger partial charge in [0.1, 0.15) is 0 Å². The maximum absolute atomic E-state index is 3.58. The average molecular weight is 237 g/mol. The number of hydrogen-bond donors (Lipinski definition) is 1. The van der Waals surface area contributed by atoms with Gasteiger partial charge in [-0.15, -0.1) is 0 Å². The first-order valence-electron chi connectivity index (χ1n) is 6.65. The molecular formula is C17H19N. The number of hydrogen-bond acceptors (Lipinski definition) is 1. The number of nitrogens with one attached hydrogen (secondary N) is 1. The lowest BCUT2D eigenvalue weighted by atomic mass is 9.89. The van der Waals surface area contributed by atoms with Gasteiger partial charge in [-0.2, -0.15) is 0 Å². The lowest BCUT2D eigenvalue weighted by Gasteiger charge is -2.16. The lowest BCUT2D eigenvalue weighted by Crippen LogP contribution is -2.17. The topological polar surface area (TPSA) is 12.0 Å². The Balaban J connectivity index is 1.89. The minimum absolute atomic E-state index is 0.517. The molecule has 1 heteroatoms. The second-order valence-corrected chi connectivity index (χ2v) is 5.32. The van der Waals surface area contributed by atoms with Crippen molar-refractivity contribution in [3.8, 4) is 0 Å². The molecule has 2 atom stereocenters. The molecule has 2 aromatic rings. The number of anilines is 1. The van der Waals surface area contributed by atoms with Crippen LogP contribution in [-0.2, 0) is 6.42 Å². The fourth-order valence-electron chi connectivity index (χ4n) is 2.95. The Morgan fingerprint density at radius 2 is 1.89 bits per heavy atom. The Bertz CT molecular complexity index is 559. The van der Waals surface area contributed by atoms with E-state index in [-0.39, 0.29) is 0 Å². The maximum Gasteiger partial charge on any atom is 0.0378 e. The van der Waals surface area contributed by atoms with Crippen LogP contribution in [0, 0.1) is 6.92 Å². The molecule has 92 valence electrons. The van der Waals surface area contributed by atoms with Crippen LogP contribution in [0.5, 0.6) is 0 Å². The fraction of sp³-hybridized carbons (Fsp3) is 0.294. The second kappa shape index (κ2) is 4.49. The van der Waals surface area contributed by atoms with Gasteiger partial charge in [0, 0.05) is 17.6 Å². The van der Waals surface area contributed by atoms with E-state index in [1.54, 1.807) is 0 Å². The summed E-state index contributed by atoms with van der Waals surface area (Å²) in [5, 5.41) is 3.58. The minimum Gasteiger partial charge on any atom is -0.382 e. The Kier molecular flexibility index (Phi) is 2.83. The van der Waals surface area contributed by atoms with Crippen LogP contribution < -0.4 is 5.32 Å². The molecule has 3 rings (SSSR count). The van der Waals surface area contributed by atoms with E-state index in [2.05, 4.69) is 67.7 Å². The van der Waals surface area contributed by atoms with E-state index in [9.17, 15) is 0 Å². The highest BCUT2D eigenvalue weighted by atomic mass is 15.0. The molecule has 1 nitrogen and oxygen atoms in total. The summed E-state index contributed by atoms with van der Waals surface area (Å²) in [6, 6.07) is 18.1. The van der Waals surface area contributed by atoms with Crippen molar-refractivity contribution in [3.63, 3.8) is 0 Å². The van der Waals surface area contributed by atoms with Gasteiger partial charge in [-0.05, 0) is 37.5 Å². The third kappa shape index (κ3) is 2.01. The third-order valence-electron chi connectivity index (χ3n) is 3.89. The van der Waals surface area contributed by atoms with Gasteiger partial charge < -0.3 is 5.32 Å². The summed E-state index contributed by atoms with van der Waals surface area (Å²) in [5.41, 5.74) is 5.55. The molecule has 1 aliphatic rings. The lowest BCUT2D eigenvalue weighted by molar-refractivity contribution is 0.629. The van der Waals surface area contributed by atoms with E-state index in [4.69, 9.17) is 0 Å². The zero-order chi connectivity index (χ0) is 12.5. The van der Waals surface area contributed by atoms with Crippen LogP contribution >= 0.6 is 0 Å². The van der Waals surface area contributed by atoms with E-state index >= 15 is 0 Å². The van der Waals surface area contributed by atoms with Crippen molar-refractivity contribution in [2.24, 2.45) is 0 Å². The summed E-state index contributed by atoms with van der Waals surface area (Å²) in [7, 11) is 0. The summed E-state index contributed by atoms with van der Waals surface area (Å²) in [6.45, 7) is 4.44. The van der Waals surface area contributed by atoms with E-state index < -0.39 is 0 Å². The fourth-order valence-corrected chi connectivity index (χ4v) is 2.95. The molecule has 0 spiro atoms. The molecule has 1 heterocycles. The molecule has 0 radical (unpaired) electrons. The highest BCUT2D eigenvalue weighted by Gasteiger charge is 2.28. The summed E-state index contributed by atoms with van der Waals surface area (Å²) >= 11 is 0. The molecule has 0 aliphatic carbocycles. The van der Waals surface area contributed by atoms with Crippen molar-refractivity contribution in [2.45, 2.75) is 32.2 Å². The molecule has 1 aliphatic heterocycles. The number of aryl methyl sites for hydroxylation is 1. The number of rotatable bonds is 2. The standard InChI is InChI=1S/C17H19N/c1-12-6-5-7-14(10-12)11-16-13(2)18-17-9-4-3-8-15(16)17/h3-10,13,16,18H,11H2,1-2H3. The zero-order valence-corrected chi connectivity index (χ0v) is 11.0. The van der Waals surface area contributed by atoms with E-state index in [1.807, 2.05) is 0 Å². The molecule has 0 saturated carbocycles. The Morgan fingerprint density at radius 1 is 1.06 bits per heavy atom. The molecular weight excluding hydrogens is 218 g/mol. The van der Waals surface area contributed by atoms with Crippen molar-refractivity contribution >= 4 is 5.69 Å². The summed E-state index contributed by atoms with van der Waals surface area (Å²) < 4.78 is 0. The summed E-state index contributed by atoms with van der Waals surface area (Å²) in [5.74, 6) is 0.586. The van der Waals surface area contributed by atoms with Gasteiger partial charge in [-0.25, -0.2) is 0 Å². The van der Waals surface area contributed by atoms with Crippen LogP contribution in [0.2, 0.25) is 0 Å². The van der Waals surface area contributed by atoms with E-state index in [0.717, 1.165) is 6.42 Å². The van der Waals surface area contributed by atoms with Gasteiger partial charge in [0.25, 0.3) is 0 Å². The van der Waals surface area contributed by atoms with Gasteiger partial charge in [-0.1, -0.05) is 48.0 Å². The first-order chi connectivity index (χ1) is 8.74. The van der Waals surface area contributed by atoms with Gasteiger partial charge in [0.2, 0.25) is 0 Å². The van der Waals surface area contributed by atoms with Gasteiger partial charge in [0.05, 0.1) is 0 Å². The van der Waals surface area contributed by atoms with Crippen LogP contribution in [-0.4, -0.2) is 6.04 Å². The molecule has 1 N–H and O–H groups in total. The monoisotopic (exact) mass is 237 g/mol. The molecule has 18 heavy (non-hydrogen) atoms. The van der Waals surface area contributed by atoms with E-state index in [1.165, 1.54) is 22.4 Å². The summed E-state index contributed by atoms with van der Waals surface area (Å²) in [4.78, 5) is 0. The van der Waals surface area contributed by atoms with Crippen LogP contribution in [0.3, 0.4) is 0 Å². The molecule has 0 fully saturated rings. The van der Waals surface area contributed by atoms with Crippen molar-refractivity contribution in [3.05, 3.63) is 65.2 Å². The molecule has 0 bridgehead atoms. The zero-order valence-electron chi connectivity index (χ0n) is 11.0. The Labute approximate surface area is 109 Å². The van der Waals surface area contributed by atoms with E-state index in [0.29, 0.717) is 12.0 Å². The normalized spacial score (nSPS) is 21.4. The molecule has 0 amide bonds. The van der Waals surface area contributed by atoms with Crippen molar-refractivity contribution in [1.29, 1.82) is 0 Å². The second-order valence-electron chi connectivity index (χ2n) is 5.32. The maximum atomic E-state index is 3.58. The molecule has 2 aromatic carbocycles. The first-order valence-corrected chi connectivity index (χ1v) is 6.65. The highest BCUT2D eigenvalue weighted by Crippen LogP contribution is 2.37. The number of fused-ring (bicyclic) bond motifs is 1. The predicted molar refractivity (Wildman–Crippen MR) is 77.2 cm³/mol. The van der Waals surface area contributed by atoms with Crippen LogP contribution in [0.15, 0.2) is 48.5 Å². The van der Waals surface area contributed by atoms with Gasteiger partial charge >= 0.3 is 0 Å². The van der Waals surface area contributed by atoms with Crippen LogP contribution in [0.1, 0.15) is 29.5 Å². The largest absolute Gasteiger partial charge is 0.382 e. The molecule has 0 saturated heterocycles. The average Bonchev–Trinajstić information content (AvgIpc) is 2.66. The van der Waals surface area contributed by atoms with Crippen molar-refractivity contribution in [1.82, 2.24) is 0 Å². The molecule has 2 unspecified atom stereocenters. The minimum atomic E-state index is 0.517. The predicted octanol–water partition coefficient (Wildman–Crippen LogP) is 4.14. The van der Waals surface area contributed by atoms with Crippen LogP contribution in [0.4, 0.5) is 5.69 Å². The number of para-hydroxylation sites is 1. The van der Waals surface area contributed by atoms with Gasteiger partial charge in [0.15, 0.2) is 0 Å².